The van der Waals surface area contributed by atoms with E-state index in [2.05, 4.69) is 20.8 Å². The van der Waals surface area contributed by atoms with Crippen molar-refractivity contribution in [3.63, 3.8) is 0 Å². The molecule has 0 aromatic carbocycles. The molecule has 2 nitrogen and oxygen atoms in total. The maximum absolute atomic E-state index is 13.3. The van der Waals surface area contributed by atoms with Gasteiger partial charge >= 0.3 is 0 Å². The summed E-state index contributed by atoms with van der Waals surface area (Å²) in [6.07, 6.45) is 11.9. The van der Waals surface area contributed by atoms with Crippen molar-refractivity contribution in [3.05, 3.63) is 0 Å². The topological polar surface area (TPSA) is 20.3 Å². The van der Waals surface area contributed by atoms with Crippen LogP contribution in [0.2, 0.25) is 0 Å². The van der Waals surface area contributed by atoms with Crippen LogP contribution in [-0.4, -0.2) is 28.7 Å². The Kier molecular flexibility index (Phi) is 4.06. The molecule has 0 aromatic rings. The molecule has 3 heteroatoms. The van der Waals surface area contributed by atoms with E-state index < -0.39 is 0 Å². The predicted molar refractivity (Wildman–Crippen MR) is 88.3 cm³/mol. The number of rotatable bonds is 2. The SMILES string of the molecule is O=C(C1C2CC3CC(C2)CC1C3)N1CCCCCC1CBr. The minimum atomic E-state index is 0.387. The minimum absolute atomic E-state index is 0.387. The van der Waals surface area contributed by atoms with E-state index in [-0.39, 0.29) is 0 Å². The van der Waals surface area contributed by atoms with Crippen molar-refractivity contribution < 1.29 is 4.79 Å². The summed E-state index contributed by atoms with van der Waals surface area (Å²) in [6.45, 7) is 1.01. The predicted octanol–water partition coefficient (Wildman–Crippen LogP) is 4.22. The summed E-state index contributed by atoms with van der Waals surface area (Å²) in [4.78, 5) is 15.6. The van der Waals surface area contributed by atoms with Crippen LogP contribution in [0.4, 0.5) is 0 Å². The number of halogens is 1. The lowest BCUT2D eigenvalue weighted by Crippen LogP contribution is -2.54. The number of nitrogens with zero attached hydrogens (tertiary/aromatic N) is 1. The quantitative estimate of drug-likeness (QED) is 0.680. The van der Waals surface area contributed by atoms with Crippen LogP contribution in [-0.2, 0) is 4.79 Å². The molecule has 5 aliphatic rings. The second-order valence-electron chi connectivity index (χ2n) is 8.15. The fourth-order valence-electron chi connectivity index (χ4n) is 6.15. The van der Waals surface area contributed by atoms with Crippen LogP contribution in [0.15, 0.2) is 0 Å². The number of hydrogen-bond donors (Lipinski definition) is 0. The summed E-state index contributed by atoms with van der Waals surface area (Å²) in [6, 6.07) is 0.456. The number of alkyl halides is 1. The molecule has 4 bridgehead atoms. The molecule has 1 unspecified atom stereocenters. The van der Waals surface area contributed by atoms with Gasteiger partial charge < -0.3 is 4.90 Å². The standard InChI is InChI=1S/C18H28BrNO/c19-11-16-4-2-1-3-5-20(16)18(21)17-14-7-12-6-13(9-14)10-15(17)8-12/h12-17H,1-11H2. The number of hydrogen-bond acceptors (Lipinski definition) is 1. The van der Waals surface area contributed by atoms with E-state index in [1.807, 2.05) is 0 Å². The van der Waals surface area contributed by atoms with Gasteiger partial charge in [-0.3, -0.25) is 4.79 Å². The maximum Gasteiger partial charge on any atom is 0.226 e. The zero-order valence-corrected chi connectivity index (χ0v) is 14.6. The van der Waals surface area contributed by atoms with Crippen molar-refractivity contribution in [3.8, 4) is 0 Å². The number of likely N-dealkylation sites (tertiary alicyclic amines) is 1. The van der Waals surface area contributed by atoms with Crippen LogP contribution in [0.3, 0.4) is 0 Å². The number of amides is 1. The third kappa shape index (κ3) is 2.58. The Morgan fingerprint density at radius 3 is 2.24 bits per heavy atom. The Hall–Kier alpha value is -0.0500. The molecule has 4 saturated carbocycles. The second kappa shape index (κ2) is 5.86. The first-order valence-electron chi connectivity index (χ1n) is 9.12. The van der Waals surface area contributed by atoms with E-state index in [4.69, 9.17) is 0 Å². The summed E-state index contributed by atoms with van der Waals surface area (Å²) in [5.41, 5.74) is 0. The minimum Gasteiger partial charge on any atom is -0.339 e. The van der Waals surface area contributed by atoms with Crippen LogP contribution in [0.1, 0.15) is 57.8 Å². The third-order valence-electron chi connectivity index (χ3n) is 6.85. The smallest absolute Gasteiger partial charge is 0.226 e. The summed E-state index contributed by atoms with van der Waals surface area (Å²) >= 11 is 3.66. The van der Waals surface area contributed by atoms with Crippen molar-refractivity contribution in [2.75, 3.05) is 11.9 Å². The lowest BCUT2D eigenvalue weighted by atomic mass is 9.51. The summed E-state index contributed by atoms with van der Waals surface area (Å²) in [7, 11) is 0. The molecule has 1 saturated heterocycles. The highest BCUT2D eigenvalue weighted by Crippen LogP contribution is 2.57. The second-order valence-corrected chi connectivity index (χ2v) is 8.79. The van der Waals surface area contributed by atoms with Crippen LogP contribution >= 0.6 is 15.9 Å². The first kappa shape index (κ1) is 14.5. The van der Waals surface area contributed by atoms with Crippen molar-refractivity contribution in [1.82, 2.24) is 4.90 Å². The Morgan fingerprint density at radius 1 is 0.952 bits per heavy atom. The highest BCUT2D eigenvalue weighted by molar-refractivity contribution is 9.09. The summed E-state index contributed by atoms with van der Waals surface area (Å²) in [5.74, 6) is 4.31. The van der Waals surface area contributed by atoms with Gasteiger partial charge in [0.15, 0.2) is 0 Å². The molecule has 0 spiro atoms. The Labute approximate surface area is 137 Å². The fraction of sp³-hybridized carbons (Fsp3) is 0.944. The zero-order valence-electron chi connectivity index (χ0n) is 13.0. The fourth-order valence-corrected chi connectivity index (χ4v) is 6.82. The monoisotopic (exact) mass is 353 g/mol. The summed E-state index contributed by atoms with van der Waals surface area (Å²) in [5, 5.41) is 0.964. The van der Waals surface area contributed by atoms with E-state index in [9.17, 15) is 4.79 Å². The van der Waals surface area contributed by atoms with Crippen molar-refractivity contribution in [1.29, 1.82) is 0 Å². The molecule has 0 radical (unpaired) electrons. The lowest BCUT2D eigenvalue weighted by molar-refractivity contribution is -0.151. The molecule has 1 atom stereocenters. The van der Waals surface area contributed by atoms with Crippen LogP contribution in [0.5, 0.6) is 0 Å². The first-order chi connectivity index (χ1) is 10.3. The normalized spacial score (nSPS) is 45.7. The molecular weight excluding hydrogens is 326 g/mol. The first-order valence-corrected chi connectivity index (χ1v) is 10.2. The van der Waals surface area contributed by atoms with Crippen LogP contribution < -0.4 is 0 Å². The number of carbonyl (C=O) groups is 1. The molecule has 0 N–H and O–H groups in total. The molecule has 0 aromatic heterocycles. The molecule has 118 valence electrons. The van der Waals surface area contributed by atoms with Gasteiger partial charge in [-0.05, 0) is 68.6 Å². The van der Waals surface area contributed by atoms with Crippen molar-refractivity contribution in [2.45, 2.75) is 63.8 Å². The molecular formula is C18H28BrNO. The van der Waals surface area contributed by atoms with Gasteiger partial charge in [0.05, 0.1) is 0 Å². The molecule has 21 heavy (non-hydrogen) atoms. The molecule has 5 rings (SSSR count). The van der Waals surface area contributed by atoms with Gasteiger partial charge in [-0.25, -0.2) is 0 Å². The maximum atomic E-state index is 13.3. The molecule has 1 heterocycles. The van der Waals surface area contributed by atoms with Gasteiger partial charge in [0.1, 0.15) is 0 Å². The van der Waals surface area contributed by atoms with E-state index in [1.165, 1.54) is 57.8 Å². The van der Waals surface area contributed by atoms with E-state index in [0.29, 0.717) is 17.9 Å². The van der Waals surface area contributed by atoms with Crippen molar-refractivity contribution in [2.24, 2.45) is 29.6 Å². The van der Waals surface area contributed by atoms with E-state index >= 15 is 0 Å². The highest BCUT2D eigenvalue weighted by atomic mass is 79.9. The zero-order chi connectivity index (χ0) is 14.4. The lowest BCUT2D eigenvalue weighted by Gasteiger charge is -2.54. The van der Waals surface area contributed by atoms with Gasteiger partial charge in [-0.2, -0.15) is 0 Å². The average Bonchev–Trinajstić information content (AvgIpc) is 2.71. The Morgan fingerprint density at radius 2 is 1.62 bits per heavy atom. The van der Waals surface area contributed by atoms with Crippen LogP contribution in [0, 0.1) is 29.6 Å². The van der Waals surface area contributed by atoms with Crippen LogP contribution in [0.25, 0.3) is 0 Å². The Balaban J connectivity index is 1.53. The summed E-state index contributed by atoms with van der Waals surface area (Å²) < 4.78 is 0. The molecule has 5 fully saturated rings. The van der Waals surface area contributed by atoms with E-state index in [1.54, 1.807) is 0 Å². The van der Waals surface area contributed by atoms with Gasteiger partial charge in [-0.15, -0.1) is 0 Å². The van der Waals surface area contributed by atoms with Gasteiger partial charge in [-0.1, -0.05) is 28.8 Å². The van der Waals surface area contributed by atoms with Gasteiger partial charge in [0.25, 0.3) is 0 Å². The third-order valence-corrected chi connectivity index (χ3v) is 7.60. The highest BCUT2D eigenvalue weighted by Gasteiger charge is 2.51. The molecule has 4 aliphatic carbocycles. The largest absolute Gasteiger partial charge is 0.339 e. The van der Waals surface area contributed by atoms with E-state index in [0.717, 1.165) is 35.5 Å². The average molecular weight is 354 g/mol. The molecule has 1 aliphatic heterocycles. The van der Waals surface area contributed by atoms with Gasteiger partial charge in [0, 0.05) is 23.8 Å². The Bertz CT molecular complexity index is 382. The van der Waals surface area contributed by atoms with Gasteiger partial charge in [0.2, 0.25) is 5.91 Å². The molecule has 1 amide bonds. The van der Waals surface area contributed by atoms with Crippen molar-refractivity contribution >= 4 is 21.8 Å². The number of carbonyl (C=O) groups excluding carboxylic acids is 1.